The number of benzene rings is 1. The number of aliphatic hydroxyl groups is 1. The molecule has 0 bridgehead atoms. The second-order valence-electron chi connectivity index (χ2n) is 6.51. The summed E-state index contributed by atoms with van der Waals surface area (Å²) in [5, 5.41) is 10.1. The van der Waals surface area contributed by atoms with Gasteiger partial charge in [-0.1, -0.05) is 13.0 Å². The first-order chi connectivity index (χ1) is 11.2. The smallest absolute Gasteiger partial charge is 0.336 e. The fourth-order valence-electron chi connectivity index (χ4n) is 3.48. The number of aryl methyl sites for hydroxylation is 1. The molecule has 1 saturated heterocycles. The number of aliphatic hydroxyl groups excluding tert-OH is 1. The van der Waals surface area contributed by atoms with Gasteiger partial charge in [0.15, 0.2) is 0 Å². The van der Waals surface area contributed by atoms with Gasteiger partial charge < -0.3 is 9.52 Å². The highest BCUT2D eigenvalue weighted by atomic mass is 16.4. The summed E-state index contributed by atoms with van der Waals surface area (Å²) in [4.78, 5) is 14.2. The van der Waals surface area contributed by atoms with Crippen molar-refractivity contribution < 1.29 is 9.52 Å². The van der Waals surface area contributed by atoms with Crippen LogP contribution in [0.4, 0.5) is 0 Å². The molecule has 1 aromatic carbocycles. The van der Waals surface area contributed by atoms with Crippen LogP contribution in [-0.4, -0.2) is 29.7 Å². The third kappa shape index (κ3) is 3.82. The van der Waals surface area contributed by atoms with E-state index >= 15 is 0 Å². The maximum Gasteiger partial charge on any atom is 0.336 e. The highest BCUT2D eigenvalue weighted by Crippen LogP contribution is 2.24. The lowest BCUT2D eigenvalue weighted by Crippen LogP contribution is -2.33. The molecule has 2 aromatic rings. The van der Waals surface area contributed by atoms with Crippen molar-refractivity contribution in [2.24, 2.45) is 5.92 Å². The maximum absolute atomic E-state index is 11.8. The Hall–Kier alpha value is -1.65. The fourth-order valence-corrected chi connectivity index (χ4v) is 3.48. The van der Waals surface area contributed by atoms with Gasteiger partial charge in [0.1, 0.15) is 5.58 Å². The molecule has 2 heterocycles. The van der Waals surface area contributed by atoms with Crippen molar-refractivity contribution in [2.75, 3.05) is 19.7 Å². The molecule has 0 spiro atoms. The minimum absolute atomic E-state index is 0.271. The SMILES string of the molecule is CCc1ccc2oc(=O)cc(CN3CCC(CCO)CC3)c2c1. The molecule has 0 atom stereocenters. The van der Waals surface area contributed by atoms with Gasteiger partial charge >= 0.3 is 5.63 Å². The summed E-state index contributed by atoms with van der Waals surface area (Å²) in [6.45, 7) is 5.27. The molecule has 0 unspecified atom stereocenters. The predicted octanol–water partition coefficient (Wildman–Crippen LogP) is 2.95. The first-order valence-electron chi connectivity index (χ1n) is 8.58. The number of nitrogens with zero attached hydrogens (tertiary/aromatic N) is 1. The summed E-state index contributed by atoms with van der Waals surface area (Å²) in [5.74, 6) is 0.639. The zero-order valence-electron chi connectivity index (χ0n) is 13.8. The lowest BCUT2D eigenvalue weighted by molar-refractivity contribution is 0.153. The van der Waals surface area contributed by atoms with Gasteiger partial charge in [-0.25, -0.2) is 4.79 Å². The minimum Gasteiger partial charge on any atom is -0.423 e. The molecule has 0 saturated carbocycles. The van der Waals surface area contributed by atoms with E-state index in [2.05, 4.69) is 17.9 Å². The molecule has 0 aliphatic carbocycles. The van der Waals surface area contributed by atoms with Gasteiger partial charge in [0.2, 0.25) is 0 Å². The monoisotopic (exact) mass is 315 g/mol. The van der Waals surface area contributed by atoms with E-state index in [4.69, 9.17) is 9.52 Å². The Balaban J connectivity index is 1.81. The first-order valence-corrected chi connectivity index (χ1v) is 8.58. The van der Waals surface area contributed by atoms with Crippen molar-refractivity contribution >= 4 is 11.0 Å². The van der Waals surface area contributed by atoms with Crippen LogP contribution < -0.4 is 5.63 Å². The van der Waals surface area contributed by atoms with Gasteiger partial charge in [0.05, 0.1) is 0 Å². The second kappa shape index (κ2) is 7.28. The average molecular weight is 315 g/mol. The van der Waals surface area contributed by atoms with E-state index in [1.165, 1.54) is 5.56 Å². The van der Waals surface area contributed by atoms with E-state index in [1.807, 2.05) is 12.1 Å². The van der Waals surface area contributed by atoms with Crippen LogP contribution in [0, 0.1) is 5.92 Å². The van der Waals surface area contributed by atoms with Crippen LogP contribution in [0.15, 0.2) is 33.5 Å². The van der Waals surface area contributed by atoms with E-state index < -0.39 is 0 Å². The summed E-state index contributed by atoms with van der Waals surface area (Å²) in [7, 11) is 0. The predicted molar refractivity (Wildman–Crippen MR) is 91.6 cm³/mol. The average Bonchev–Trinajstić information content (AvgIpc) is 2.56. The lowest BCUT2D eigenvalue weighted by Gasteiger charge is -2.31. The minimum atomic E-state index is -0.271. The first kappa shape index (κ1) is 16.2. The molecule has 3 rings (SSSR count). The summed E-state index contributed by atoms with van der Waals surface area (Å²) in [5.41, 5.74) is 2.73. The standard InChI is InChI=1S/C19H25NO3/c1-2-14-3-4-18-17(11-14)16(12-19(22)23-18)13-20-8-5-15(6-9-20)7-10-21/h3-4,11-12,15,21H,2,5-10,13H2,1H3. The number of hydrogen-bond acceptors (Lipinski definition) is 4. The Morgan fingerprint density at radius 2 is 2.04 bits per heavy atom. The molecular weight excluding hydrogens is 290 g/mol. The molecule has 4 nitrogen and oxygen atoms in total. The number of fused-ring (bicyclic) bond motifs is 1. The Morgan fingerprint density at radius 1 is 1.26 bits per heavy atom. The zero-order valence-corrected chi connectivity index (χ0v) is 13.8. The van der Waals surface area contributed by atoms with Gasteiger partial charge in [-0.2, -0.15) is 0 Å². The highest BCUT2D eigenvalue weighted by molar-refractivity contribution is 5.80. The van der Waals surface area contributed by atoms with Gasteiger partial charge in [-0.15, -0.1) is 0 Å². The number of piperidine rings is 1. The van der Waals surface area contributed by atoms with Crippen molar-refractivity contribution in [3.63, 3.8) is 0 Å². The number of likely N-dealkylation sites (tertiary alicyclic amines) is 1. The molecule has 1 N–H and O–H groups in total. The van der Waals surface area contributed by atoms with Crippen LogP contribution in [0.2, 0.25) is 0 Å². The highest BCUT2D eigenvalue weighted by Gasteiger charge is 2.19. The molecule has 1 aromatic heterocycles. The topological polar surface area (TPSA) is 53.7 Å². The summed E-state index contributed by atoms with van der Waals surface area (Å²) >= 11 is 0. The van der Waals surface area contributed by atoms with E-state index in [0.717, 1.165) is 56.3 Å². The maximum atomic E-state index is 11.8. The van der Waals surface area contributed by atoms with Crippen LogP contribution in [0.25, 0.3) is 11.0 Å². The molecule has 0 radical (unpaired) electrons. The molecule has 124 valence electrons. The molecule has 0 amide bonds. The second-order valence-corrected chi connectivity index (χ2v) is 6.51. The van der Waals surface area contributed by atoms with E-state index in [1.54, 1.807) is 6.07 Å². The molecule has 4 heteroatoms. The van der Waals surface area contributed by atoms with Crippen molar-refractivity contribution in [1.29, 1.82) is 0 Å². The van der Waals surface area contributed by atoms with Gasteiger partial charge in [-0.3, -0.25) is 4.90 Å². The van der Waals surface area contributed by atoms with Crippen LogP contribution >= 0.6 is 0 Å². The van der Waals surface area contributed by atoms with E-state index in [0.29, 0.717) is 11.5 Å². The number of hydrogen-bond donors (Lipinski definition) is 1. The number of rotatable bonds is 5. The fraction of sp³-hybridized carbons (Fsp3) is 0.526. The third-order valence-corrected chi connectivity index (χ3v) is 4.94. The molecule has 1 fully saturated rings. The Kier molecular flexibility index (Phi) is 5.13. The van der Waals surface area contributed by atoms with Crippen LogP contribution in [0.3, 0.4) is 0 Å². The Bertz CT molecular complexity index is 714. The summed E-state index contributed by atoms with van der Waals surface area (Å²) in [6.07, 6.45) is 4.13. The molecule has 1 aliphatic heterocycles. The third-order valence-electron chi connectivity index (χ3n) is 4.94. The van der Waals surface area contributed by atoms with Gasteiger partial charge in [0.25, 0.3) is 0 Å². The van der Waals surface area contributed by atoms with E-state index in [-0.39, 0.29) is 12.2 Å². The van der Waals surface area contributed by atoms with Crippen molar-refractivity contribution in [1.82, 2.24) is 4.90 Å². The normalized spacial score (nSPS) is 17.0. The molecule has 23 heavy (non-hydrogen) atoms. The van der Waals surface area contributed by atoms with Crippen LogP contribution in [0.1, 0.15) is 37.3 Å². The molecule has 1 aliphatic rings. The quantitative estimate of drug-likeness (QED) is 0.862. The van der Waals surface area contributed by atoms with Crippen molar-refractivity contribution in [2.45, 2.75) is 39.2 Å². The van der Waals surface area contributed by atoms with Gasteiger partial charge in [0, 0.05) is 24.6 Å². The van der Waals surface area contributed by atoms with Gasteiger partial charge in [-0.05, 0) is 68.0 Å². The van der Waals surface area contributed by atoms with Crippen molar-refractivity contribution in [3.8, 4) is 0 Å². The Labute approximate surface area is 136 Å². The summed E-state index contributed by atoms with van der Waals surface area (Å²) < 4.78 is 5.34. The Morgan fingerprint density at radius 3 is 2.74 bits per heavy atom. The van der Waals surface area contributed by atoms with Crippen molar-refractivity contribution in [3.05, 3.63) is 45.8 Å². The van der Waals surface area contributed by atoms with E-state index in [9.17, 15) is 4.79 Å². The van der Waals surface area contributed by atoms with Crippen LogP contribution in [0.5, 0.6) is 0 Å². The summed E-state index contributed by atoms with van der Waals surface area (Å²) in [6, 6.07) is 7.72. The molecular formula is C19H25NO3. The largest absolute Gasteiger partial charge is 0.423 e. The van der Waals surface area contributed by atoms with Crippen LogP contribution in [-0.2, 0) is 13.0 Å². The zero-order chi connectivity index (χ0) is 16.2. The lowest BCUT2D eigenvalue weighted by atomic mass is 9.93.